The maximum Gasteiger partial charge on any atom is 0.0347 e. The van der Waals surface area contributed by atoms with Crippen molar-refractivity contribution in [1.29, 1.82) is 0 Å². The maximum absolute atomic E-state index is 6.02. The second-order valence-corrected chi connectivity index (χ2v) is 6.34. The van der Waals surface area contributed by atoms with Crippen LogP contribution in [-0.4, -0.2) is 24.5 Å². The summed E-state index contributed by atoms with van der Waals surface area (Å²) in [6.07, 6.45) is 8.42. The first-order valence-corrected chi connectivity index (χ1v) is 7.88. The molecule has 0 spiro atoms. The highest BCUT2D eigenvalue weighted by Gasteiger charge is 2.30. The van der Waals surface area contributed by atoms with Crippen molar-refractivity contribution in [3.63, 3.8) is 0 Å². The molecule has 1 aromatic rings. The topological polar surface area (TPSA) is 29.3 Å². The number of nitrogens with two attached hydrogens (primary N) is 1. The van der Waals surface area contributed by atoms with Crippen LogP contribution in [0.3, 0.4) is 0 Å². The summed E-state index contributed by atoms with van der Waals surface area (Å²) in [7, 11) is 0. The van der Waals surface area contributed by atoms with Crippen molar-refractivity contribution in [2.75, 3.05) is 25.4 Å². The van der Waals surface area contributed by atoms with Crippen molar-refractivity contribution in [2.24, 2.45) is 11.8 Å². The molecule has 2 N–H and O–H groups in total. The Morgan fingerprint density at radius 3 is 2.68 bits per heavy atom. The maximum atomic E-state index is 6.02. The molecule has 2 aliphatic rings. The summed E-state index contributed by atoms with van der Waals surface area (Å²) in [5, 5.41) is 0. The van der Waals surface area contributed by atoms with Crippen molar-refractivity contribution in [3.8, 4) is 0 Å². The molecular formula is C17H26N2. The number of nitrogen functional groups attached to an aromatic ring is 1. The molecular weight excluding hydrogens is 232 g/mol. The van der Waals surface area contributed by atoms with Gasteiger partial charge in [-0.25, -0.2) is 0 Å². The molecule has 0 amide bonds. The first-order valence-electron chi connectivity index (χ1n) is 7.88. The number of piperidine rings is 1. The van der Waals surface area contributed by atoms with E-state index in [-0.39, 0.29) is 0 Å². The number of nitrogens with zero attached hydrogens (tertiary/aromatic N) is 1. The van der Waals surface area contributed by atoms with Gasteiger partial charge in [-0.2, -0.15) is 0 Å². The van der Waals surface area contributed by atoms with E-state index in [0.29, 0.717) is 0 Å². The minimum atomic E-state index is 0.954. The fourth-order valence-corrected chi connectivity index (χ4v) is 3.92. The van der Waals surface area contributed by atoms with E-state index in [4.69, 9.17) is 5.73 Å². The third kappa shape index (κ3) is 3.11. The molecule has 2 nitrogen and oxygen atoms in total. The first-order chi connectivity index (χ1) is 9.33. The van der Waals surface area contributed by atoms with Crippen molar-refractivity contribution in [1.82, 2.24) is 4.90 Å². The summed E-state index contributed by atoms with van der Waals surface area (Å²) >= 11 is 0. The van der Waals surface area contributed by atoms with E-state index < -0.39 is 0 Å². The van der Waals surface area contributed by atoms with Crippen molar-refractivity contribution in [3.05, 3.63) is 29.8 Å². The highest BCUT2D eigenvalue weighted by Crippen LogP contribution is 2.36. The van der Waals surface area contributed by atoms with Gasteiger partial charge in [0, 0.05) is 18.8 Å². The van der Waals surface area contributed by atoms with Crippen LogP contribution in [0.2, 0.25) is 0 Å². The SMILES string of the molecule is Nc1ccccc1CCN1CCC2CCCCC2C1. The number of anilines is 1. The summed E-state index contributed by atoms with van der Waals surface area (Å²) in [6, 6.07) is 8.30. The number of benzene rings is 1. The Balaban J connectivity index is 1.52. The third-order valence-electron chi connectivity index (χ3n) is 5.13. The highest BCUT2D eigenvalue weighted by atomic mass is 15.1. The van der Waals surface area contributed by atoms with Gasteiger partial charge in [0.1, 0.15) is 0 Å². The lowest BCUT2D eigenvalue weighted by atomic mass is 9.75. The molecule has 1 heterocycles. The average Bonchev–Trinajstić information content (AvgIpc) is 2.46. The van der Waals surface area contributed by atoms with Crippen LogP contribution in [0.4, 0.5) is 5.69 Å². The van der Waals surface area contributed by atoms with E-state index in [1.54, 1.807) is 0 Å². The summed E-state index contributed by atoms with van der Waals surface area (Å²) in [5.74, 6) is 2.02. The van der Waals surface area contributed by atoms with Crippen molar-refractivity contribution in [2.45, 2.75) is 38.5 Å². The molecule has 1 saturated heterocycles. The number of likely N-dealkylation sites (tertiary alicyclic amines) is 1. The number of rotatable bonds is 3. The van der Waals surface area contributed by atoms with E-state index in [1.165, 1.54) is 57.3 Å². The molecule has 2 heteroatoms. The van der Waals surface area contributed by atoms with Crippen LogP contribution in [0.5, 0.6) is 0 Å². The second-order valence-electron chi connectivity index (χ2n) is 6.34. The molecule has 1 aromatic carbocycles. The second kappa shape index (κ2) is 5.96. The Hall–Kier alpha value is -1.02. The lowest BCUT2D eigenvalue weighted by molar-refractivity contribution is 0.0878. The molecule has 0 radical (unpaired) electrons. The van der Waals surface area contributed by atoms with E-state index in [2.05, 4.69) is 17.0 Å². The molecule has 104 valence electrons. The molecule has 2 atom stereocenters. The zero-order chi connectivity index (χ0) is 13.1. The Morgan fingerprint density at radius 2 is 1.84 bits per heavy atom. The zero-order valence-electron chi connectivity index (χ0n) is 11.9. The van der Waals surface area contributed by atoms with E-state index in [9.17, 15) is 0 Å². The predicted molar refractivity (Wildman–Crippen MR) is 81.1 cm³/mol. The summed E-state index contributed by atoms with van der Waals surface area (Å²) in [5.41, 5.74) is 8.29. The molecule has 1 aliphatic carbocycles. The van der Waals surface area contributed by atoms with Gasteiger partial charge in [-0.1, -0.05) is 37.5 Å². The standard InChI is InChI=1S/C17H26N2/c18-17-8-4-3-6-15(17)10-12-19-11-9-14-5-1-2-7-16(14)13-19/h3-4,6,8,14,16H,1-2,5,7,9-13,18H2. The van der Waals surface area contributed by atoms with Gasteiger partial charge >= 0.3 is 0 Å². The summed E-state index contributed by atoms with van der Waals surface area (Å²) in [6.45, 7) is 3.81. The fraction of sp³-hybridized carbons (Fsp3) is 0.647. The van der Waals surface area contributed by atoms with Gasteiger partial charge < -0.3 is 10.6 Å². The van der Waals surface area contributed by atoms with Crippen molar-refractivity contribution >= 4 is 5.69 Å². The van der Waals surface area contributed by atoms with Crippen LogP contribution in [0.25, 0.3) is 0 Å². The largest absolute Gasteiger partial charge is 0.399 e. The zero-order valence-corrected chi connectivity index (χ0v) is 11.9. The van der Waals surface area contributed by atoms with Crippen LogP contribution in [0.1, 0.15) is 37.7 Å². The average molecular weight is 258 g/mol. The van der Waals surface area contributed by atoms with Gasteiger partial charge in [0.05, 0.1) is 0 Å². The van der Waals surface area contributed by atoms with E-state index in [0.717, 1.165) is 23.9 Å². The Morgan fingerprint density at radius 1 is 1.05 bits per heavy atom. The van der Waals surface area contributed by atoms with E-state index >= 15 is 0 Å². The molecule has 3 rings (SSSR count). The summed E-state index contributed by atoms with van der Waals surface area (Å²) < 4.78 is 0. The van der Waals surface area contributed by atoms with Crippen LogP contribution in [0.15, 0.2) is 24.3 Å². The molecule has 2 unspecified atom stereocenters. The molecule has 1 saturated carbocycles. The minimum absolute atomic E-state index is 0.954. The Kier molecular flexibility index (Phi) is 4.07. The highest BCUT2D eigenvalue weighted by molar-refractivity contribution is 5.46. The number of fused-ring (bicyclic) bond motifs is 1. The van der Waals surface area contributed by atoms with Gasteiger partial charge in [0.15, 0.2) is 0 Å². The normalized spacial score (nSPS) is 28.0. The van der Waals surface area contributed by atoms with Crippen LogP contribution in [0, 0.1) is 11.8 Å². The smallest absolute Gasteiger partial charge is 0.0347 e. The lowest BCUT2D eigenvalue weighted by Gasteiger charge is -2.41. The number of hydrogen-bond acceptors (Lipinski definition) is 2. The number of hydrogen-bond donors (Lipinski definition) is 1. The molecule has 0 bridgehead atoms. The van der Waals surface area contributed by atoms with Gasteiger partial charge in [-0.05, 0) is 49.3 Å². The first kappa shape index (κ1) is 13.0. The summed E-state index contributed by atoms with van der Waals surface area (Å²) in [4.78, 5) is 2.67. The lowest BCUT2D eigenvalue weighted by Crippen LogP contribution is -2.42. The number of para-hydroxylation sites is 1. The van der Waals surface area contributed by atoms with Crippen molar-refractivity contribution < 1.29 is 0 Å². The minimum Gasteiger partial charge on any atom is -0.399 e. The molecule has 1 aliphatic heterocycles. The van der Waals surface area contributed by atoms with Gasteiger partial charge in [-0.15, -0.1) is 0 Å². The molecule has 0 aromatic heterocycles. The van der Waals surface area contributed by atoms with E-state index in [1.807, 2.05) is 12.1 Å². The quantitative estimate of drug-likeness (QED) is 0.843. The van der Waals surface area contributed by atoms with Gasteiger partial charge in [0.2, 0.25) is 0 Å². The van der Waals surface area contributed by atoms with Crippen LogP contribution < -0.4 is 5.73 Å². The molecule has 19 heavy (non-hydrogen) atoms. The van der Waals surface area contributed by atoms with Crippen LogP contribution in [-0.2, 0) is 6.42 Å². The van der Waals surface area contributed by atoms with Gasteiger partial charge in [0.25, 0.3) is 0 Å². The Bertz CT molecular complexity index is 415. The third-order valence-corrected chi connectivity index (χ3v) is 5.13. The van der Waals surface area contributed by atoms with Gasteiger partial charge in [-0.3, -0.25) is 0 Å². The monoisotopic (exact) mass is 258 g/mol. The fourth-order valence-electron chi connectivity index (χ4n) is 3.92. The molecule has 2 fully saturated rings. The van der Waals surface area contributed by atoms with Crippen LogP contribution >= 0.6 is 0 Å². The predicted octanol–water partition coefficient (Wildman–Crippen LogP) is 3.32. The Labute approximate surface area is 117 Å².